The topological polar surface area (TPSA) is 48.1 Å². The van der Waals surface area contributed by atoms with Gasteiger partial charge in [0.15, 0.2) is 0 Å². The summed E-state index contributed by atoms with van der Waals surface area (Å²) >= 11 is 6.15. The van der Waals surface area contributed by atoms with Gasteiger partial charge in [-0.3, -0.25) is 4.98 Å². The van der Waals surface area contributed by atoms with Crippen LogP contribution < -0.4 is 10.5 Å². The average Bonchev–Trinajstić information content (AvgIpc) is 2.50. The fraction of sp³-hybridized carbons (Fsp3) is 0.0625. The maximum absolute atomic E-state index is 6.15. The van der Waals surface area contributed by atoms with Gasteiger partial charge in [0.1, 0.15) is 11.5 Å². The van der Waals surface area contributed by atoms with Crippen molar-refractivity contribution in [1.29, 1.82) is 0 Å². The minimum Gasteiger partial charge on any atom is -0.455 e. The van der Waals surface area contributed by atoms with Gasteiger partial charge in [-0.2, -0.15) is 0 Å². The minimum absolute atomic E-state index is 0.359. The number of halogens is 1. The smallest absolute Gasteiger partial charge is 0.146 e. The first-order valence-corrected chi connectivity index (χ1v) is 6.66. The molecule has 0 bridgehead atoms. The van der Waals surface area contributed by atoms with Gasteiger partial charge in [-0.1, -0.05) is 35.9 Å². The molecule has 0 fully saturated rings. The zero-order valence-corrected chi connectivity index (χ0v) is 11.5. The van der Waals surface area contributed by atoms with E-state index in [0.29, 0.717) is 23.1 Å². The average molecular weight is 285 g/mol. The quantitative estimate of drug-likeness (QED) is 0.786. The van der Waals surface area contributed by atoms with Crippen molar-refractivity contribution in [2.75, 3.05) is 0 Å². The highest BCUT2D eigenvalue weighted by Gasteiger charge is 2.11. The van der Waals surface area contributed by atoms with Gasteiger partial charge in [0.05, 0.1) is 10.5 Å². The first kappa shape index (κ1) is 12.9. The van der Waals surface area contributed by atoms with Gasteiger partial charge in [0, 0.05) is 23.7 Å². The number of ether oxygens (including phenoxy) is 1. The molecule has 2 N–H and O–H groups in total. The third-order valence-electron chi connectivity index (χ3n) is 3.07. The molecule has 2 aromatic carbocycles. The van der Waals surface area contributed by atoms with Crippen molar-refractivity contribution in [2.24, 2.45) is 5.73 Å². The molecule has 0 aliphatic heterocycles. The molecule has 0 aliphatic carbocycles. The second-order valence-corrected chi connectivity index (χ2v) is 4.77. The van der Waals surface area contributed by atoms with Crippen LogP contribution >= 0.6 is 11.6 Å². The predicted octanol–water partition coefficient (Wildman–Crippen LogP) is 4.14. The van der Waals surface area contributed by atoms with Crippen LogP contribution in [0.5, 0.6) is 11.5 Å². The Bertz CT molecular complexity index is 758. The summed E-state index contributed by atoms with van der Waals surface area (Å²) in [4.78, 5) is 4.38. The number of aromatic nitrogens is 1. The minimum atomic E-state index is 0.359. The van der Waals surface area contributed by atoms with Crippen molar-refractivity contribution in [1.82, 2.24) is 4.98 Å². The molecular weight excluding hydrogens is 272 g/mol. The molecule has 3 rings (SSSR count). The van der Waals surface area contributed by atoms with E-state index in [1.807, 2.05) is 42.5 Å². The molecule has 0 saturated carbocycles. The standard InChI is InChI=1S/C16H13ClN2O/c17-13-6-2-4-8-15(13)20-16-11(9-18)10-19-14-7-3-1-5-12(14)16/h1-8,10H,9,18H2. The number of nitrogens with two attached hydrogens (primary N) is 1. The Labute approximate surface area is 122 Å². The Morgan fingerprint density at radius 3 is 2.60 bits per heavy atom. The zero-order valence-electron chi connectivity index (χ0n) is 10.7. The maximum atomic E-state index is 6.15. The number of rotatable bonds is 3. The highest BCUT2D eigenvalue weighted by Crippen LogP contribution is 2.35. The summed E-state index contributed by atoms with van der Waals surface area (Å²) in [6.45, 7) is 0.359. The first-order chi connectivity index (χ1) is 9.79. The first-order valence-electron chi connectivity index (χ1n) is 6.28. The third-order valence-corrected chi connectivity index (χ3v) is 3.38. The maximum Gasteiger partial charge on any atom is 0.146 e. The Kier molecular flexibility index (Phi) is 3.54. The summed E-state index contributed by atoms with van der Waals surface area (Å²) in [7, 11) is 0. The second-order valence-electron chi connectivity index (χ2n) is 4.37. The van der Waals surface area contributed by atoms with Crippen LogP contribution in [0, 0.1) is 0 Å². The molecule has 0 saturated heterocycles. The van der Waals surface area contributed by atoms with Gasteiger partial charge in [-0.05, 0) is 24.3 Å². The summed E-state index contributed by atoms with van der Waals surface area (Å²) in [5, 5.41) is 1.49. The molecule has 1 aromatic heterocycles. The predicted molar refractivity (Wildman–Crippen MR) is 81.2 cm³/mol. The van der Waals surface area contributed by atoms with Crippen LogP contribution in [-0.4, -0.2) is 4.98 Å². The van der Waals surface area contributed by atoms with E-state index in [4.69, 9.17) is 22.1 Å². The monoisotopic (exact) mass is 284 g/mol. The fourth-order valence-corrected chi connectivity index (χ4v) is 2.23. The summed E-state index contributed by atoms with van der Waals surface area (Å²) in [6, 6.07) is 15.2. The van der Waals surface area contributed by atoms with Crippen molar-refractivity contribution >= 4 is 22.5 Å². The van der Waals surface area contributed by atoms with Crippen molar-refractivity contribution in [3.63, 3.8) is 0 Å². The summed E-state index contributed by atoms with van der Waals surface area (Å²) in [5.74, 6) is 1.33. The molecular formula is C16H13ClN2O. The Balaban J connectivity index is 2.16. The lowest BCUT2D eigenvalue weighted by atomic mass is 10.1. The molecule has 0 aliphatic rings. The summed E-state index contributed by atoms with van der Waals surface area (Å²) in [5.41, 5.74) is 7.50. The van der Waals surface area contributed by atoms with Crippen LogP contribution in [0.3, 0.4) is 0 Å². The number of fused-ring (bicyclic) bond motifs is 1. The van der Waals surface area contributed by atoms with E-state index in [2.05, 4.69) is 4.98 Å². The van der Waals surface area contributed by atoms with Crippen molar-refractivity contribution in [3.8, 4) is 11.5 Å². The van der Waals surface area contributed by atoms with Gasteiger partial charge >= 0.3 is 0 Å². The fourth-order valence-electron chi connectivity index (χ4n) is 2.06. The number of benzene rings is 2. The van der Waals surface area contributed by atoms with Crippen molar-refractivity contribution < 1.29 is 4.74 Å². The van der Waals surface area contributed by atoms with E-state index in [9.17, 15) is 0 Å². The Morgan fingerprint density at radius 2 is 1.80 bits per heavy atom. The summed E-state index contributed by atoms with van der Waals surface area (Å²) < 4.78 is 5.99. The van der Waals surface area contributed by atoms with Crippen LogP contribution in [0.25, 0.3) is 10.9 Å². The van der Waals surface area contributed by atoms with Gasteiger partial charge in [-0.25, -0.2) is 0 Å². The van der Waals surface area contributed by atoms with E-state index in [1.165, 1.54) is 0 Å². The molecule has 20 heavy (non-hydrogen) atoms. The highest BCUT2D eigenvalue weighted by atomic mass is 35.5. The van der Waals surface area contributed by atoms with E-state index < -0.39 is 0 Å². The van der Waals surface area contributed by atoms with E-state index in [-0.39, 0.29) is 0 Å². The molecule has 3 nitrogen and oxygen atoms in total. The number of hydrogen-bond acceptors (Lipinski definition) is 3. The van der Waals surface area contributed by atoms with Gasteiger partial charge in [0.25, 0.3) is 0 Å². The lowest BCUT2D eigenvalue weighted by Gasteiger charge is -2.13. The molecule has 1 heterocycles. The van der Waals surface area contributed by atoms with Crippen LogP contribution in [-0.2, 0) is 6.54 Å². The highest BCUT2D eigenvalue weighted by molar-refractivity contribution is 6.32. The van der Waals surface area contributed by atoms with E-state index in [1.54, 1.807) is 12.3 Å². The largest absolute Gasteiger partial charge is 0.455 e. The molecule has 3 aromatic rings. The molecule has 0 radical (unpaired) electrons. The van der Waals surface area contributed by atoms with E-state index >= 15 is 0 Å². The van der Waals surface area contributed by atoms with Crippen LogP contribution in [0.2, 0.25) is 5.02 Å². The second kappa shape index (κ2) is 5.49. The molecule has 0 spiro atoms. The van der Waals surface area contributed by atoms with Gasteiger partial charge in [-0.15, -0.1) is 0 Å². The van der Waals surface area contributed by atoms with Crippen molar-refractivity contribution in [2.45, 2.75) is 6.54 Å². The normalized spacial score (nSPS) is 10.7. The van der Waals surface area contributed by atoms with Crippen LogP contribution in [0.1, 0.15) is 5.56 Å². The van der Waals surface area contributed by atoms with E-state index in [0.717, 1.165) is 16.5 Å². The number of hydrogen-bond donors (Lipinski definition) is 1. The third kappa shape index (κ3) is 2.33. The molecule has 0 unspecified atom stereocenters. The van der Waals surface area contributed by atoms with Crippen LogP contribution in [0.4, 0.5) is 0 Å². The van der Waals surface area contributed by atoms with Crippen LogP contribution in [0.15, 0.2) is 54.7 Å². The summed E-state index contributed by atoms with van der Waals surface area (Å²) in [6.07, 6.45) is 1.74. The Morgan fingerprint density at radius 1 is 1.05 bits per heavy atom. The zero-order chi connectivity index (χ0) is 13.9. The molecule has 0 atom stereocenters. The number of pyridine rings is 1. The SMILES string of the molecule is NCc1cnc2ccccc2c1Oc1ccccc1Cl. The molecule has 4 heteroatoms. The van der Waals surface area contributed by atoms with Gasteiger partial charge < -0.3 is 10.5 Å². The van der Waals surface area contributed by atoms with Gasteiger partial charge in [0.2, 0.25) is 0 Å². The number of para-hydroxylation sites is 2. The molecule has 100 valence electrons. The lowest BCUT2D eigenvalue weighted by molar-refractivity contribution is 0.482. The Hall–Kier alpha value is -2.10. The van der Waals surface area contributed by atoms with Crippen molar-refractivity contribution in [3.05, 3.63) is 65.3 Å². The lowest BCUT2D eigenvalue weighted by Crippen LogP contribution is -2.01. The number of nitrogens with zero attached hydrogens (tertiary/aromatic N) is 1. The molecule has 0 amide bonds.